The second-order valence-electron chi connectivity index (χ2n) is 7.24. The van der Waals surface area contributed by atoms with Gasteiger partial charge in [0, 0.05) is 19.7 Å². The monoisotopic (exact) mass is 406 g/mol. The minimum atomic E-state index is -5.25. The van der Waals surface area contributed by atoms with Crippen LogP contribution in [0.2, 0.25) is 0 Å². The van der Waals surface area contributed by atoms with Gasteiger partial charge in [-0.25, -0.2) is 4.79 Å². The van der Waals surface area contributed by atoms with Gasteiger partial charge in [0.1, 0.15) is 5.92 Å². The quantitative estimate of drug-likeness (QED) is 0.790. The second-order valence-corrected chi connectivity index (χ2v) is 7.24. The molecule has 3 atom stereocenters. The van der Waals surface area contributed by atoms with Gasteiger partial charge in [0.05, 0.1) is 6.04 Å². The first-order chi connectivity index (χ1) is 13.5. The van der Waals surface area contributed by atoms with E-state index in [0.29, 0.717) is 5.56 Å². The van der Waals surface area contributed by atoms with Crippen LogP contribution in [0.3, 0.4) is 0 Å². The molecule has 1 N–H and O–H groups in total. The van der Waals surface area contributed by atoms with Crippen LogP contribution in [0.15, 0.2) is 54.6 Å². The Bertz CT molecular complexity index is 915. The van der Waals surface area contributed by atoms with Gasteiger partial charge in [0.2, 0.25) is 0 Å². The van der Waals surface area contributed by atoms with Crippen LogP contribution in [-0.2, 0) is 0 Å². The van der Waals surface area contributed by atoms with Gasteiger partial charge in [-0.05, 0) is 12.5 Å². The zero-order chi connectivity index (χ0) is 21.6. The van der Waals surface area contributed by atoms with E-state index in [0.717, 1.165) is 17.5 Å². The number of carbonyl (C=O) groups excluding carboxylic acids is 2. The topological polar surface area (TPSA) is 60.9 Å². The molecule has 3 unspecified atom stereocenters. The average molecular weight is 406 g/mol. The number of urea groups is 1. The maximum Gasteiger partial charge on any atom is 0.437 e. The SMILES string of the molecule is Cc1ccc(C2C(C(=O)c3ccccc3)C(O)(C(F)(F)F)N(C)C(=O)N2C)cc1. The first-order valence-electron chi connectivity index (χ1n) is 8.95. The summed E-state index contributed by atoms with van der Waals surface area (Å²) in [6.45, 7) is 1.81. The molecule has 5 nitrogen and oxygen atoms in total. The molecular weight excluding hydrogens is 385 g/mol. The van der Waals surface area contributed by atoms with Crippen molar-refractivity contribution in [1.82, 2.24) is 9.80 Å². The highest BCUT2D eigenvalue weighted by Gasteiger charge is 2.70. The van der Waals surface area contributed by atoms with Crippen molar-refractivity contribution in [1.29, 1.82) is 0 Å². The zero-order valence-electron chi connectivity index (χ0n) is 16.1. The van der Waals surface area contributed by atoms with E-state index in [1.54, 1.807) is 30.3 Å². The summed E-state index contributed by atoms with van der Waals surface area (Å²) in [6, 6.07) is 11.6. The summed E-state index contributed by atoms with van der Waals surface area (Å²) < 4.78 is 42.4. The Morgan fingerprint density at radius 2 is 1.59 bits per heavy atom. The van der Waals surface area contributed by atoms with Crippen LogP contribution in [0.4, 0.5) is 18.0 Å². The molecule has 8 heteroatoms. The lowest BCUT2D eigenvalue weighted by Gasteiger charge is -2.53. The predicted octanol–water partition coefficient (Wildman–Crippen LogP) is 3.78. The molecule has 1 aliphatic rings. The molecule has 0 radical (unpaired) electrons. The van der Waals surface area contributed by atoms with E-state index in [4.69, 9.17) is 0 Å². The molecule has 1 fully saturated rings. The number of ketones is 1. The van der Waals surface area contributed by atoms with Crippen molar-refractivity contribution in [3.63, 3.8) is 0 Å². The Hall–Kier alpha value is -2.87. The molecule has 2 amide bonds. The third kappa shape index (κ3) is 3.27. The van der Waals surface area contributed by atoms with Crippen LogP contribution in [0, 0.1) is 12.8 Å². The molecule has 0 spiro atoms. The lowest BCUT2D eigenvalue weighted by molar-refractivity contribution is -0.328. The standard InChI is InChI=1S/C21H21F3N2O3/c1-13-9-11-14(12-10-13)17-16(18(27)15-7-5-4-6-8-15)20(29,21(22,23)24)26(3)19(28)25(17)2/h4-12,16-17,29H,1-3H3. The fourth-order valence-corrected chi connectivity index (χ4v) is 3.81. The van der Waals surface area contributed by atoms with Gasteiger partial charge in [-0.2, -0.15) is 13.2 Å². The van der Waals surface area contributed by atoms with Gasteiger partial charge in [-0.3, -0.25) is 9.69 Å². The Morgan fingerprint density at radius 1 is 1.03 bits per heavy atom. The van der Waals surface area contributed by atoms with Crippen molar-refractivity contribution in [2.24, 2.45) is 5.92 Å². The highest BCUT2D eigenvalue weighted by Crippen LogP contribution is 2.50. The van der Waals surface area contributed by atoms with Gasteiger partial charge in [-0.15, -0.1) is 0 Å². The van der Waals surface area contributed by atoms with Crippen LogP contribution in [0.1, 0.15) is 27.5 Å². The number of rotatable bonds is 3. The van der Waals surface area contributed by atoms with E-state index >= 15 is 0 Å². The minimum Gasteiger partial charge on any atom is -0.363 e. The smallest absolute Gasteiger partial charge is 0.363 e. The number of amides is 2. The number of benzene rings is 2. The van der Waals surface area contributed by atoms with Crippen LogP contribution in [0.5, 0.6) is 0 Å². The van der Waals surface area contributed by atoms with Crippen molar-refractivity contribution in [3.05, 3.63) is 71.3 Å². The number of hydrogen-bond donors (Lipinski definition) is 1. The molecule has 0 bridgehead atoms. The summed E-state index contributed by atoms with van der Waals surface area (Å²) in [4.78, 5) is 27.2. The summed E-state index contributed by atoms with van der Waals surface area (Å²) >= 11 is 0. The molecule has 2 aromatic carbocycles. The van der Waals surface area contributed by atoms with Crippen LogP contribution in [-0.4, -0.2) is 52.7 Å². The summed E-state index contributed by atoms with van der Waals surface area (Å²) in [7, 11) is 2.17. The third-order valence-corrected chi connectivity index (χ3v) is 5.44. The average Bonchev–Trinajstić information content (AvgIpc) is 2.69. The summed E-state index contributed by atoms with van der Waals surface area (Å²) in [6.07, 6.45) is -5.25. The normalized spacial score (nSPS) is 25.3. The van der Waals surface area contributed by atoms with Crippen molar-refractivity contribution in [3.8, 4) is 0 Å². The molecule has 1 saturated heterocycles. The highest BCUT2D eigenvalue weighted by atomic mass is 19.4. The van der Waals surface area contributed by atoms with E-state index < -0.39 is 35.7 Å². The molecule has 154 valence electrons. The third-order valence-electron chi connectivity index (χ3n) is 5.44. The number of aliphatic hydroxyl groups is 1. The molecule has 29 heavy (non-hydrogen) atoms. The molecule has 1 heterocycles. The summed E-state index contributed by atoms with van der Waals surface area (Å²) in [5.74, 6) is -2.89. The molecule has 2 aromatic rings. The molecule has 1 aliphatic heterocycles. The largest absolute Gasteiger partial charge is 0.437 e. The van der Waals surface area contributed by atoms with Gasteiger partial charge >= 0.3 is 12.2 Å². The Labute approximate surface area is 166 Å². The minimum absolute atomic E-state index is 0.0217. The van der Waals surface area contributed by atoms with E-state index in [2.05, 4.69) is 0 Å². The maximum atomic E-state index is 14.1. The lowest BCUT2D eigenvalue weighted by Crippen LogP contribution is -2.73. The van der Waals surface area contributed by atoms with E-state index in [1.165, 1.54) is 31.3 Å². The number of carbonyl (C=O) groups is 2. The van der Waals surface area contributed by atoms with Crippen LogP contribution >= 0.6 is 0 Å². The fourth-order valence-electron chi connectivity index (χ4n) is 3.81. The number of halogens is 3. The number of aryl methyl sites for hydroxylation is 1. The lowest BCUT2D eigenvalue weighted by atomic mass is 9.75. The first-order valence-corrected chi connectivity index (χ1v) is 8.95. The Morgan fingerprint density at radius 3 is 2.10 bits per heavy atom. The van der Waals surface area contributed by atoms with E-state index in [9.17, 15) is 27.9 Å². The first kappa shape index (κ1) is 20.9. The Kier molecular flexibility index (Phi) is 5.17. The van der Waals surface area contributed by atoms with E-state index in [-0.39, 0.29) is 10.5 Å². The molecule has 0 aliphatic carbocycles. The molecule has 0 aromatic heterocycles. The number of Topliss-reactive ketones (excluding diaryl/α,β-unsaturated/α-hetero) is 1. The second kappa shape index (κ2) is 7.18. The predicted molar refractivity (Wildman–Crippen MR) is 100 cm³/mol. The van der Waals surface area contributed by atoms with Crippen molar-refractivity contribution in [2.75, 3.05) is 14.1 Å². The summed E-state index contributed by atoms with van der Waals surface area (Å²) in [5.41, 5.74) is -2.45. The molecular formula is C21H21F3N2O3. The van der Waals surface area contributed by atoms with Crippen LogP contribution in [0.25, 0.3) is 0 Å². The number of nitrogens with zero attached hydrogens (tertiary/aromatic N) is 2. The van der Waals surface area contributed by atoms with Crippen molar-refractivity contribution < 1.29 is 27.9 Å². The van der Waals surface area contributed by atoms with Crippen molar-refractivity contribution in [2.45, 2.75) is 24.9 Å². The van der Waals surface area contributed by atoms with E-state index in [1.807, 2.05) is 6.92 Å². The van der Waals surface area contributed by atoms with Gasteiger partial charge in [-0.1, -0.05) is 60.2 Å². The summed E-state index contributed by atoms with van der Waals surface area (Å²) in [5, 5.41) is 10.9. The van der Waals surface area contributed by atoms with Crippen molar-refractivity contribution >= 4 is 11.8 Å². The van der Waals surface area contributed by atoms with Crippen LogP contribution < -0.4 is 0 Å². The Balaban J connectivity index is 2.26. The van der Waals surface area contributed by atoms with Gasteiger partial charge in [0.25, 0.3) is 5.72 Å². The number of alkyl halides is 3. The number of hydrogen-bond acceptors (Lipinski definition) is 3. The molecule has 0 saturated carbocycles. The van der Waals surface area contributed by atoms with Gasteiger partial charge < -0.3 is 10.0 Å². The molecule has 3 rings (SSSR count). The highest BCUT2D eigenvalue weighted by molar-refractivity contribution is 6.00. The zero-order valence-corrected chi connectivity index (χ0v) is 16.1. The fraction of sp³-hybridized carbons (Fsp3) is 0.333. The van der Waals surface area contributed by atoms with Gasteiger partial charge in [0.15, 0.2) is 5.78 Å². The maximum absolute atomic E-state index is 14.1.